The second-order valence-corrected chi connectivity index (χ2v) is 17.1. The highest BCUT2D eigenvalue weighted by Gasteiger charge is 2.44. The molecule has 3 aliphatic heterocycles. The molecular formula is C37H47ClN2O6S. The van der Waals surface area contributed by atoms with E-state index < -0.39 is 27.3 Å². The summed E-state index contributed by atoms with van der Waals surface area (Å²) < 4.78 is 42.5. The number of carbonyl (C=O) groups excluding carboxylic acids is 1. The number of aryl methyl sites for hydroxylation is 1. The van der Waals surface area contributed by atoms with Gasteiger partial charge < -0.3 is 19.5 Å². The van der Waals surface area contributed by atoms with Crippen molar-refractivity contribution in [1.29, 1.82) is 0 Å². The van der Waals surface area contributed by atoms with Gasteiger partial charge in [-0.1, -0.05) is 36.7 Å². The summed E-state index contributed by atoms with van der Waals surface area (Å²) in [7, 11) is -4.01. The quantitative estimate of drug-likeness (QED) is 0.372. The number of allylic oxidation sites excluding steroid dienone is 1. The molecule has 8 nitrogen and oxygen atoms in total. The van der Waals surface area contributed by atoms with Gasteiger partial charge in [-0.15, -0.1) is 0 Å². The summed E-state index contributed by atoms with van der Waals surface area (Å²) in [6, 6.07) is 11.5. The van der Waals surface area contributed by atoms with Crippen LogP contribution in [0.3, 0.4) is 0 Å². The van der Waals surface area contributed by atoms with Crippen LogP contribution in [0.25, 0.3) is 0 Å². The van der Waals surface area contributed by atoms with E-state index in [1.807, 2.05) is 31.2 Å². The molecule has 47 heavy (non-hydrogen) atoms. The number of sulfonamides is 1. The third-order valence-electron chi connectivity index (χ3n) is 11.7. The van der Waals surface area contributed by atoms with Crippen LogP contribution in [0.2, 0.25) is 5.02 Å². The maximum absolute atomic E-state index is 14.0. The molecule has 0 aromatic heterocycles. The van der Waals surface area contributed by atoms with Gasteiger partial charge in [0.2, 0.25) is 10.0 Å². The molecule has 1 amide bonds. The standard InChI is InChI=1S/C37H47ClN2O6S/c1-24-4-2-6-33(41)30-10-7-28(30)21-40-22-37(15-3-5-26-19-29(38)9-11-31(26)37)23-46-34-12-8-27(20-32(34)40)36(42)39-47(43,44)35(24)18-25-13-16-45-17-14-25/h2,6,8-9,11-12,19-20,24-25,28,30,33,35,41H,3-5,7,10,13-18,21-23H2,1H3,(H,39,42)/b6-2+/t24-,28-,30+,33-,35-,37-/m0/s1. The molecule has 0 unspecified atom stereocenters. The van der Waals surface area contributed by atoms with Crippen molar-refractivity contribution in [3.63, 3.8) is 0 Å². The molecule has 2 fully saturated rings. The summed E-state index contributed by atoms with van der Waals surface area (Å²) >= 11 is 6.42. The van der Waals surface area contributed by atoms with Crippen LogP contribution in [0, 0.1) is 23.7 Å². The fourth-order valence-electron chi connectivity index (χ4n) is 8.78. The first kappa shape index (κ1) is 32.9. The van der Waals surface area contributed by atoms with Gasteiger partial charge in [0.05, 0.1) is 23.6 Å². The van der Waals surface area contributed by atoms with Gasteiger partial charge in [0, 0.05) is 42.3 Å². The van der Waals surface area contributed by atoms with Crippen molar-refractivity contribution >= 4 is 33.2 Å². The predicted octanol–water partition coefficient (Wildman–Crippen LogP) is 6.04. The van der Waals surface area contributed by atoms with Crippen molar-refractivity contribution in [1.82, 2.24) is 4.72 Å². The van der Waals surface area contributed by atoms with Gasteiger partial charge in [0.15, 0.2) is 0 Å². The Morgan fingerprint density at radius 2 is 1.94 bits per heavy atom. The number of fused-ring (bicyclic) bond motifs is 4. The van der Waals surface area contributed by atoms with Crippen LogP contribution in [-0.2, 0) is 26.6 Å². The van der Waals surface area contributed by atoms with Gasteiger partial charge in [-0.2, -0.15) is 0 Å². The number of hydrogen-bond acceptors (Lipinski definition) is 7. The number of nitrogens with zero attached hydrogens (tertiary/aromatic N) is 1. The molecule has 2 aliphatic carbocycles. The van der Waals surface area contributed by atoms with E-state index in [0.29, 0.717) is 57.1 Å². The Morgan fingerprint density at radius 1 is 1.11 bits per heavy atom. The third kappa shape index (κ3) is 6.70. The lowest BCUT2D eigenvalue weighted by Gasteiger charge is -2.45. The minimum atomic E-state index is -4.01. The average molecular weight is 683 g/mol. The maximum Gasteiger partial charge on any atom is 0.264 e. The highest BCUT2D eigenvalue weighted by Crippen LogP contribution is 2.47. The zero-order chi connectivity index (χ0) is 32.8. The number of hydrogen-bond donors (Lipinski definition) is 2. The number of carbonyl (C=O) groups is 1. The summed E-state index contributed by atoms with van der Waals surface area (Å²) in [6.07, 6.45) is 10.7. The first-order chi connectivity index (χ1) is 22.6. The topological polar surface area (TPSA) is 105 Å². The summed E-state index contributed by atoms with van der Waals surface area (Å²) in [5.74, 6) is 0.431. The third-order valence-corrected chi connectivity index (χ3v) is 13.8. The van der Waals surface area contributed by atoms with Crippen LogP contribution >= 0.6 is 11.6 Å². The number of anilines is 1. The number of amides is 1. The second kappa shape index (κ2) is 13.4. The van der Waals surface area contributed by atoms with Crippen molar-refractivity contribution in [2.75, 3.05) is 37.8 Å². The lowest BCUT2D eigenvalue weighted by molar-refractivity contribution is 0.0455. The van der Waals surface area contributed by atoms with E-state index in [0.717, 1.165) is 55.7 Å². The van der Waals surface area contributed by atoms with E-state index in [9.17, 15) is 18.3 Å². The summed E-state index contributed by atoms with van der Waals surface area (Å²) in [4.78, 5) is 16.1. The molecular weight excluding hydrogens is 636 g/mol. The molecule has 1 spiro atoms. The average Bonchev–Trinajstić information content (AvgIpc) is 3.18. The molecule has 1 saturated heterocycles. The van der Waals surface area contributed by atoms with Crippen LogP contribution in [-0.4, -0.2) is 63.7 Å². The van der Waals surface area contributed by atoms with Crippen molar-refractivity contribution in [2.24, 2.45) is 23.7 Å². The normalized spacial score (nSPS) is 33.4. The molecule has 254 valence electrons. The highest BCUT2D eigenvalue weighted by molar-refractivity contribution is 7.90. The number of aliphatic hydroxyl groups is 1. The minimum Gasteiger partial charge on any atom is -0.490 e. The Labute approximate surface area is 283 Å². The van der Waals surface area contributed by atoms with Crippen LogP contribution in [0.1, 0.15) is 79.8 Å². The van der Waals surface area contributed by atoms with Gasteiger partial charge >= 0.3 is 0 Å². The summed E-state index contributed by atoms with van der Waals surface area (Å²) in [6.45, 7) is 5.09. The van der Waals surface area contributed by atoms with E-state index in [4.69, 9.17) is 21.1 Å². The van der Waals surface area contributed by atoms with E-state index >= 15 is 0 Å². The fraction of sp³-hybridized carbons (Fsp3) is 0.595. The van der Waals surface area contributed by atoms with Crippen molar-refractivity contribution in [3.05, 3.63) is 70.3 Å². The summed E-state index contributed by atoms with van der Waals surface area (Å²) in [5, 5.41) is 11.3. The monoisotopic (exact) mass is 682 g/mol. The molecule has 1 saturated carbocycles. The van der Waals surface area contributed by atoms with Gasteiger partial charge in [-0.05, 0) is 123 Å². The molecule has 0 radical (unpaired) electrons. The smallest absolute Gasteiger partial charge is 0.264 e. The Hall–Kier alpha value is -2.59. The van der Waals surface area contributed by atoms with Crippen molar-refractivity contribution < 1.29 is 27.8 Å². The number of ether oxygens (including phenoxy) is 2. The Kier molecular flexibility index (Phi) is 9.37. The Bertz CT molecular complexity index is 1620. The maximum atomic E-state index is 14.0. The number of nitrogens with one attached hydrogen (secondary N) is 1. The van der Waals surface area contributed by atoms with Crippen LogP contribution in [0.5, 0.6) is 5.75 Å². The second-order valence-electron chi connectivity index (χ2n) is 14.7. The predicted molar refractivity (Wildman–Crippen MR) is 184 cm³/mol. The molecule has 5 aliphatic rings. The molecule has 3 heterocycles. The number of rotatable bonds is 2. The molecule has 6 atom stereocenters. The molecule has 2 aromatic rings. The van der Waals surface area contributed by atoms with Gasteiger partial charge in [-0.25, -0.2) is 13.1 Å². The zero-order valence-corrected chi connectivity index (χ0v) is 28.8. The summed E-state index contributed by atoms with van der Waals surface area (Å²) in [5.41, 5.74) is 3.33. The van der Waals surface area contributed by atoms with Crippen LogP contribution in [0.4, 0.5) is 5.69 Å². The Morgan fingerprint density at radius 3 is 2.72 bits per heavy atom. The number of halogens is 1. The first-order valence-electron chi connectivity index (χ1n) is 17.4. The fourth-order valence-corrected chi connectivity index (χ4v) is 10.7. The molecule has 2 aromatic carbocycles. The first-order valence-corrected chi connectivity index (χ1v) is 19.3. The lowest BCUT2D eigenvalue weighted by Crippen LogP contribution is -2.49. The molecule has 7 rings (SSSR count). The zero-order valence-electron chi connectivity index (χ0n) is 27.2. The molecule has 2 bridgehead atoms. The molecule has 2 N–H and O–H groups in total. The van der Waals surface area contributed by atoms with Gasteiger partial charge in [0.1, 0.15) is 5.75 Å². The van der Waals surface area contributed by atoms with Crippen molar-refractivity contribution in [3.8, 4) is 5.75 Å². The Balaban J connectivity index is 1.26. The van der Waals surface area contributed by atoms with Crippen LogP contribution in [0.15, 0.2) is 48.6 Å². The van der Waals surface area contributed by atoms with Gasteiger partial charge in [-0.3, -0.25) is 4.79 Å². The van der Waals surface area contributed by atoms with E-state index in [1.165, 1.54) is 11.1 Å². The number of benzene rings is 2. The SMILES string of the molecule is C[C@H]1C/C=C/[C@H](O)[C@@H]2CC[C@H]2CN2C[C@@]3(CCCc4cc(Cl)ccc43)COc3ccc(cc32)C(=O)NS(=O)(=O)[C@H]1CC1CCOCC1. The van der Waals surface area contributed by atoms with Gasteiger partial charge in [0.25, 0.3) is 5.91 Å². The lowest BCUT2D eigenvalue weighted by atomic mass is 9.68. The van der Waals surface area contributed by atoms with E-state index in [1.54, 1.807) is 12.1 Å². The van der Waals surface area contributed by atoms with E-state index in [2.05, 4.69) is 21.8 Å². The van der Waals surface area contributed by atoms with E-state index in [-0.39, 0.29) is 29.1 Å². The largest absolute Gasteiger partial charge is 0.490 e. The van der Waals surface area contributed by atoms with Crippen molar-refractivity contribution in [2.45, 2.75) is 81.5 Å². The van der Waals surface area contributed by atoms with Crippen LogP contribution < -0.4 is 14.4 Å². The number of aliphatic hydroxyl groups excluding tert-OH is 1. The highest BCUT2D eigenvalue weighted by atomic mass is 35.5. The minimum absolute atomic E-state index is 0.115. The molecule has 10 heteroatoms.